The van der Waals surface area contributed by atoms with Crippen LogP contribution in [0.25, 0.3) is 0 Å². The first kappa shape index (κ1) is 13.7. The van der Waals surface area contributed by atoms with Gasteiger partial charge in [-0.2, -0.15) is 0 Å². The summed E-state index contributed by atoms with van der Waals surface area (Å²) in [7, 11) is -1.42. The zero-order valence-electron chi connectivity index (χ0n) is 9.19. The fraction of sp³-hybridized carbons (Fsp3) is 0.889. The van der Waals surface area contributed by atoms with E-state index in [1.165, 1.54) is 6.08 Å². The number of rotatable bonds is 7. The highest BCUT2D eigenvalue weighted by Crippen LogP contribution is 2.40. The fourth-order valence-corrected chi connectivity index (χ4v) is 1.66. The van der Waals surface area contributed by atoms with E-state index >= 15 is 0 Å². The van der Waals surface area contributed by atoms with Gasteiger partial charge in [-0.15, -0.1) is 4.76 Å². The van der Waals surface area contributed by atoms with E-state index in [0.29, 0.717) is 25.0 Å². The summed E-state index contributed by atoms with van der Waals surface area (Å²) in [5.74, 6) is 0.814. The van der Waals surface area contributed by atoms with Gasteiger partial charge in [0.15, 0.2) is 0 Å². The normalized spacial score (nSPS) is 11.1. The van der Waals surface area contributed by atoms with E-state index in [2.05, 4.69) is 4.76 Å². The monoisotopic (exact) mass is 219 g/mol. The van der Waals surface area contributed by atoms with Crippen LogP contribution in [0.5, 0.6) is 0 Å². The van der Waals surface area contributed by atoms with Crippen LogP contribution in [-0.4, -0.2) is 19.3 Å². The summed E-state index contributed by atoms with van der Waals surface area (Å²) in [6, 6.07) is 0. The van der Waals surface area contributed by atoms with Crippen LogP contribution in [0.15, 0.2) is 4.76 Å². The molecule has 0 aliphatic rings. The number of nitrogens with zero attached hydrogens (tertiary/aromatic N) is 1. The Kier molecular flexibility index (Phi) is 7.92. The summed E-state index contributed by atoms with van der Waals surface area (Å²) in [6.07, 6.45) is 1.47. The van der Waals surface area contributed by atoms with Gasteiger partial charge in [0.1, 0.15) is 0 Å². The molecule has 0 aromatic rings. The average Bonchev–Trinajstić information content (AvgIpc) is 2.09. The molecule has 82 valence electrons. The van der Waals surface area contributed by atoms with Crippen LogP contribution >= 0.6 is 8.53 Å². The molecule has 0 aromatic carbocycles. The molecule has 0 heterocycles. The molecule has 0 aliphatic heterocycles. The first-order chi connectivity index (χ1) is 6.56. The summed E-state index contributed by atoms with van der Waals surface area (Å²) in [5, 5.41) is 0. The smallest absolute Gasteiger partial charge is 0.316 e. The van der Waals surface area contributed by atoms with E-state index < -0.39 is 8.53 Å². The predicted octanol–water partition coefficient (Wildman–Crippen LogP) is 2.89. The minimum absolute atomic E-state index is 0.407. The minimum Gasteiger partial charge on any atom is -0.316 e. The second-order valence-electron chi connectivity index (χ2n) is 3.81. The number of isocyanates is 1. The van der Waals surface area contributed by atoms with Crippen molar-refractivity contribution in [2.24, 2.45) is 16.6 Å². The summed E-state index contributed by atoms with van der Waals surface area (Å²) in [4.78, 5) is 10.1. The van der Waals surface area contributed by atoms with Gasteiger partial charge in [0, 0.05) is 0 Å². The molecule has 0 rings (SSSR count). The predicted molar refractivity (Wildman–Crippen MR) is 56.6 cm³/mol. The lowest BCUT2D eigenvalue weighted by molar-refractivity contribution is 0.210. The average molecular weight is 219 g/mol. The Morgan fingerprint density at radius 2 is 1.57 bits per heavy atom. The second kappa shape index (κ2) is 8.07. The van der Waals surface area contributed by atoms with Crippen molar-refractivity contribution < 1.29 is 13.8 Å². The van der Waals surface area contributed by atoms with Gasteiger partial charge in [0.05, 0.1) is 13.2 Å². The van der Waals surface area contributed by atoms with Crippen LogP contribution in [0.3, 0.4) is 0 Å². The third kappa shape index (κ3) is 8.33. The molecule has 0 spiro atoms. The number of carbonyl (C=O) groups excluding carboxylic acids is 1. The Balaban J connectivity index is 3.83. The first-order valence-corrected chi connectivity index (χ1v) is 5.83. The highest BCUT2D eigenvalue weighted by Gasteiger charge is 2.11. The van der Waals surface area contributed by atoms with Crippen LogP contribution in [-0.2, 0) is 13.8 Å². The van der Waals surface area contributed by atoms with Crippen LogP contribution in [0.4, 0.5) is 0 Å². The van der Waals surface area contributed by atoms with E-state index in [0.717, 1.165) is 0 Å². The maximum absolute atomic E-state index is 10.1. The van der Waals surface area contributed by atoms with Crippen molar-refractivity contribution in [3.63, 3.8) is 0 Å². The quantitative estimate of drug-likeness (QED) is 0.376. The van der Waals surface area contributed by atoms with Crippen molar-refractivity contribution in [3.8, 4) is 0 Å². The molecular weight excluding hydrogens is 201 g/mol. The molecule has 0 unspecified atom stereocenters. The topological polar surface area (TPSA) is 47.9 Å². The highest BCUT2D eigenvalue weighted by molar-refractivity contribution is 7.45. The molecule has 0 bridgehead atoms. The summed E-state index contributed by atoms with van der Waals surface area (Å²) in [6.45, 7) is 9.21. The lowest BCUT2D eigenvalue weighted by atomic mass is 10.2. The molecule has 14 heavy (non-hydrogen) atoms. The molecule has 0 atom stereocenters. The second-order valence-corrected chi connectivity index (χ2v) is 5.00. The van der Waals surface area contributed by atoms with Crippen molar-refractivity contribution in [2.75, 3.05) is 13.2 Å². The zero-order chi connectivity index (χ0) is 11.0. The minimum atomic E-state index is -1.42. The standard InChI is InChI=1S/C9H18NO3P/c1-8(2)5-12-14(10-7-11)13-6-9(3)4/h8-9H,5-6H2,1-4H3. The molecule has 0 saturated carbocycles. The van der Waals surface area contributed by atoms with Crippen LogP contribution < -0.4 is 0 Å². The lowest BCUT2D eigenvalue weighted by Gasteiger charge is -2.13. The van der Waals surface area contributed by atoms with Gasteiger partial charge in [-0.3, -0.25) is 0 Å². The molecule has 0 saturated heterocycles. The SMILES string of the molecule is CC(C)COP(N=C=O)OCC(C)C. The van der Waals surface area contributed by atoms with Crippen molar-refractivity contribution in [1.82, 2.24) is 0 Å². The molecule has 0 radical (unpaired) electrons. The maximum Gasteiger partial charge on any atom is 0.321 e. The molecule has 0 fully saturated rings. The molecule has 5 heteroatoms. The van der Waals surface area contributed by atoms with Gasteiger partial charge in [-0.05, 0) is 11.8 Å². The van der Waals surface area contributed by atoms with Crippen molar-refractivity contribution in [3.05, 3.63) is 0 Å². The third-order valence-electron chi connectivity index (χ3n) is 1.16. The van der Waals surface area contributed by atoms with Crippen LogP contribution in [0.2, 0.25) is 0 Å². The lowest BCUT2D eigenvalue weighted by Crippen LogP contribution is -2.02. The molecule has 0 amide bonds. The molecule has 0 N–H and O–H groups in total. The fourth-order valence-electron chi connectivity index (χ4n) is 0.554. The van der Waals surface area contributed by atoms with Crippen LogP contribution in [0, 0.1) is 11.8 Å². The molecule has 0 aromatic heterocycles. The Labute approximate surface area is 86.7 Å². The van der Waals surface area contributed by atoms with E-state index in [1.54, 1.807) is 0 Å². The molecule has 4 nitrogen and oxygen atoms in total. The van der Waals surface area contributed by atoms with Gasteiger partial charge >= 0.3 is 8.53 Å². The zero-order valence-corrected chi connectivity index (χ0v) is 10.1. The molecule has 0 aliphatic carbocycles. The van der Waals surface area contributed by atoms with E-state index in [4.69, 9.17) is 9.05 Å². The van der Waals surface area contributed by atoms with E-state index in [9.17, 15) is 4.79 Å². The maximum atomic E-state index is 10.1. The van der Waals surface area contributed by atoms with Crippen LogP contribution in [0.1, 0.15) is 27.7 Å². The highest BCUT2D eigenvalue weighted by atomic mass is 31.2. The van der Waals surface area contributed by atoms with Gasteiger partial charge in [-0.25, -0.2) is 4.79 Å². The van der Waals surface area contributed by atoms with Crippen molar-refractivity contribution >= 4 is 14.6 Å². The van der Waals surface area contributed by atoms with E-state index in [1.807, 2.05) is 27.7 Å². The van der Waals surface area contributed by atoms with Gasteiger partial charge in [-0.1, -0.05) is 27.7 Å². The Morgan fingerprint density at radius 1 is 1.14 bits per heavy atom. The Hall–Kier alpha value is -0.270. The van der Waals surface area contributed by atoms with E-state index in [-0.39, 0.29) is 0 Å². The van der Waals surface area contributed by atoms with Crippen molar-refractivity contribution in [1.29, 1.82) is 0 Å². The third-order valence-corrected chi connectivity index (χ3v) is 2.14. The summed E-state index contributed by atoms with van der Waals surface area (Å²) < 4.78 is 14.1. The first-order valence-electron chi connectivity index (χ1n) is 4.70. The number of hydrogen-bond acceptors (Lipinski definition) is 4. The largest absolute Gasteiger partial charge is 0.321 e. The summed E-state index contributed by atoms with van der Waals surface area (Å²) >= 11 is 0. The number of hydrogen-bond donors (Lipinski definition) is 0. The Morgan fingerprint density at radius 3 is 1.86 bits per heavy atom. The van der Waals surface area contributed by atoms with Gasteiger partial charge in [0.2, 0.25) is 6.08 Å². The van der Waals surface area contributed by atoms with Crippen molar-refractivity contribution in [2.45, 2.75) is 27.7 Å². The van der Waals surface area contributed by atoms with Gasteiger partial charge in [0.25, 0.3) is 0 Å². The van der Waals surface area contributed by atoms with Gasteiger partial charge < -0.3 is 9.05 Å². The molecular formula is C9H18NO3P. The summed E-state index contributed by atoms with van der Waals surface area (Å²) in [5.41, 5.74) is 0. The Bertz CT molecular complexity index is 178.